The van der Waals surface area contributed by atoms with Gasteiger partial charge < -0.3 is 10.1 Å². The van der Waals surface area contributed by atoms with Gasteiger partial charge in [-0.25, -0.2) is 13.1 Å². The molecule has 0 amide bonds. The van der Waals surface area contributed by atoms with E-state index in [9.17, 15) is 8.42 Å². The van der Waals surface area contributed by atoms with Gasteiger partial charge in [0.05, 0.1) is 12.4 Å². The van der Waals surface area contributed by atoms with E-state index in [1.54, 1.807) is 7.11 Å². The lowest BCUT2D eigenvalue weighted by Gasteiger charge is -2.21. The van der Waals surface area contributed by atoms with Crippen LogP contribution in [0.3, 0.4) is 0 Å². The van der Waals surface area contributed by atoms with Crippen molar-refractivity contribution in [1.82, 2.24) is 10.0 Å². The molecule has 0 bridgehead atoms. The Hall–Kier alpha value is -0.950. The van der Waals surface area contributed by atoms with Crippen LogP contribution in [0, 0.1) is 5.92 Å². The molecular weight excluding hydrogens is 288 g/mol. The third-order valence-electron chi connectivity index (χ3n) is 3.24. The van der Waals surface area contributed by atoms with Crippen LogP contribution in [0.5, 0.6) is 0 Å². The Morgan fingerprint density at radius 1 is 1.14 bits per heavy atom. The molecule has 0 heterocycles. The Morgan fingerprint density at radius 3 is 2.19 bits per heavy atom. The Morgan fingerprint density at radius 2 is 1.71 bits per heavy atom. The van der Waals surface area contributed by atoms with Crippen LogP contribution in [0.15, 0.2) is 24.3 Å². The summed E-state index contributed by atoms with van der Waals surface area (Å²) in [6, 6.07) is 7.38. The maximum absolute atomic E-state index is 12.2. The topological polar surface area (TPSA) is 67.4 Å². The summed E-state index contributed by atoms with van der Waals surface area (Å²) in [7, 11) is 0.0809. The second-order valence-electron chi connectivity index (χ2n) is 5.53. The van der Waals surface area contributed by atoms with Crippen molar-refractivity contribution < 1.29 is 13.2 Å². The highest BCUT2D eigenvalue weighted by Gasteiger charge is 2.21. The second kappa shape index (κ2) is 8.48. The normalized spacial score (nSPS) is 13.6. The summed E-state index contributed by atoms with van der Waals surface area (Å²) in [5, 5.41) is 3.06. The summed E-state index contributed by atoms with van der Waals surface area (Å²) in [5.74, 6) is 0.164. The summed E-state index contributed by atoms with van der Waals surface area (Å²) < 4.78 is 32.2. The molecular formula is C15H26N2O3S. The predicted molar refractivity (Wildman–Crippen MR) is 85.5 cm³/mol. The summed E-state index contributed by atoms with van der Waals surface area (Å²) in [6.07, 6.45) is 0. The second-order valence-corrected chi connectivity index (χ2v) is 7.28. The first-order chi connectivity index (χ1) is 9.88. The molecule has 5 nitrogen and oxygen atoms in total. The van der Waals surface area contributed by atoms with Crippen LogP contribution in [0.4, 0.5) is 0 Å². The fourth-order valence-corrected chi connectivity index (χ4v) is 3.51. The Bertz CT molecular complexity index is 512. The SMILES string of the molecule is CNCc1ccc(CS(=O)(=O)NC(COC)C(C)C)cc1. The van der Waals surface area contributed by atoms with E-state index in [1.807, 2.05) is 45.2 Å². The molecule has 21 heavy (non-hydrogen) atoms. The van der Waals surface area contributed by atoms with Crippen molar-refractivity contribution in [2.24, 2.45) is 5.92 Å². The van der Waals surface area contributed by atoms with Crippen LogP contribution < -0.4 is 10.0 Å². The maximum Gasteiger partial charge on any atom is 0.216 e. The number of rotatable bonds is 9. The smallest absolute Gasteiger partial charge is 0.216 e. The molecule has 1 rings (SSSR count). The summed E-state index contributed by atoms with van der Waals surface area (Å²) in [5.41, 5.74) is 1.91. The van der Waals surface area contributed by atoms with Crippen molar-refractivity contribution >= 4 is 10.0 Å². The molecule has 0 aromatic heterocycles. The van der Waals surface area contributed by atoms with Gasteiger partial charge in [-0.05, 0) is 24.1 Å². The number of benzene rings is 1. The van der Waals surface area contributed by atoms with Crippen LogP contribution in [-0.2, 0) is 27.1 Å². The molecule has 1 aromatic carbocycles. The van der Waals surface area contributed by atoms with Gasteiger partial charge in [0.25, 0.3) is 0 Å². The third-order valence-corrected chi connectivity index (χ3v) is 4.62. The van der Waals surface area contributed by atoms with E-state index in [1.165, 1.54) is 0 Å². The number of nitrogens with one attached hydrogen (secondary N) is 2. The predicted octanol–water partition coefficient (Wildman–Crippen LogP) is 1.50. The van der Waals surface area contributed by atoms with Crippen LogP contribution in [0.25, 0.3) is 0 Å². The highest BCUT2D eigenvalue weighted by atomic mass is 32.2. The van der Waals surface area contributed by atoms with Gasteiger partial charge in [-0.1, -0.05) is 38.1 Å². The Balaban J connectivity index is 2.70. The van der Waals surface area contributed by atoms with E-state index >= 15 is 0 Å². The number of sulfonamides is 1. The third kappa shape index (κ3) is 6.56. The first-order valence-electron chi connectivity index (χ1n) is 7.09. The molecule has 0 saturated heterocycles. The zero-order valence-corrected chi connectivity index (χ0v) is 14.0. The van der Waals surface area contributed by atoms with Crippen LogP contribution >= 0.6 is 0 Å². The first-order valence-corrected chi connectivity index (χ1v) is 8.74. The van der Waals surface area contributed by atoms with Gasteiger partial charge in [0.1, 0.15) is 0 Å². The number of hydrogen-bond donors (Lipinski definition) is 2. The van der Waals surface area contributed by atoms with Crippen LogP contribution in [-0.4, -0.2) is 35.2 Å². The zero-order chi connectivity index (χ0) is 15.9. The zero-order valence-electron chi connectivity index (χ0n) is 13.2. The molecule has 0 aliphatic carbocycles. The fourth-order valence-electron chi connectivity index (χ4n) is 1.99. The van der Waals surface area contributed by atoms with E-state index < -0.39 is 10.0 Å². The average Bonchev–Trinajstić information content (AvgIpc) is 2.40. The minimum Gasteiger partial charge on any atom is -0.383 e. The van der Waals surface area contributed by atoms with Crippen molar-refractivity contribution in [3.63, 3.8) is 0 Å². The number of ether oxygens (including phenoxy) is 1. The average molecular weight is 314 g/mol. The molecule has 1 unspecified atom stereocenters. The quantitative estimate of drug-likeness (QED) is 0.725. The van der Waals surface area contributed by atoms with E-state index in [4.69, 9.17) is 4.74 Å². The van der Waals surface area contributed by atoms with Gasteiger partial charge in [-0.2, -0.15) is 0 Å². The molecule has 1 aromatic rings. The molecule has 6 heteroatoms. The highest BCUT2D eigenvalue weighted by Crippen LogP contribution is 2.10. The monoisotopic (exact) mass is 314 g/mol. The molecule has 0 aliphatic rings. The number of methoxy groups -OCH3 is 1. The van der Waals surface area contributed by atoms with Crippen LogP contribution in [0.1, 0.15) is 25.0 Å². The Labute approximate surface area is 128 Å². The van der Waals surface area contributed by atoms with E-state index in [2.05, 4.69) is 10.0 Å². The van der Waals surface area contributed by atoms with Gasteiger partial charge in [-0.3, -0.25) is 0 Å². The molecule has 1 atom stereocenters. The lowest BCUT2D eigenvalue weighted by atomic mass is 10.1. The first kappa shape index (κ1) is 18.1. The van der Waals surface area contributed by atoms with E-state index in [-0.39, 0.29) is 17.7 Å². The van der Waals surface area contributed by atoms with E-state index in [0.717, 1.165) is 17.7 Å². The van der Waals surface area contributed by atoms with Crippen molar-refractivity contribution in [2.75, 3.05) is 20.8 Å². The lowest BCUT2D eigenvalue weighted by molar-refractivity contribution is 0.157. The summed E-state index contributed by atoms with van der Waals surface area (Å²) >= 11 is 0. The Kier molecular flexibility index (Phi) is 7.31. The van der Waals surface area contributed by atoms with Crippen molar-refractivity contribution in [3.8, 4) is 0 Å². The molecule has 0 aliphatic heterocycles. The minimum atomic E-state index is -3.37. The van der Waals surface area contributed by atoms with Gasteiger partial charge >= 0.3 is 0 Å². The molecule has 0 radical (unpaired) electrons. The van der Waals surface area contributed by atoms with Gasteiger partial charge in [-0.15, -0.1) is 0 Å². The van der Waals surface area contributed by atoms with Gasteiger partial charge in [0.15, 0.2) is 0 Å². The fraction of sp³-hybridized carbons (Fsp3) is 0.600. The van der Waals surface area contributed by atoms with Crippen LogP contribution in [0.2, 0.25) is 0 Å². The molecule has 2 N–H and O–H groups in total. The molecule has 0 fully saturated rings. The summed E-state index contributed by atoms with van der Waals surface area (Å²) in [4.78, 5) is 0. The largest absolute Gasteiger partial charge is 0.383 e. The summed E-state index contributed by atoms with van der Waals surface area (Å²) in [6.45, 7) is 5.09. The van der Waals surface area contributed by atoms with Crippen molar-refractivity contribution in [2.45, 2.75) is 32.2 Å². The molecule has 0 saturated carbocycles. The molecule has 120 valence electrons. The maximum atomic E-state index is 12.2. The minimum absolute atomic E-state index is 0.0141. The standard InChI is InChI=1S/C15H26N2O3S/c1-12(2)15(10-20-4)17-21(18,19)11-14-7-5-13(6-8-14)9-16-3/h5-8,12,15-17H,9-11H2,1-4H3. The lowest BCUT2D eigenvalue weighted by Crippen LogP contribution is -2.42. The van der Waals surface area contributed by atoms with Gasteiger partial charge in [0, 0.05) is 19.7 Å². The highest BCUT2D eigenvalue weighted by molar-refractivity contribution is 7.88. The van der Waals surface area contributed by atoms with Gasteiger partial charge in [0.2, 0.25) is 10.0 Å². The molecule has 0 spiro atoms. The number of hydrogen-bond acceptors (Lipinski definition) is 4. The van der Waals surface area contributed by atoms with Crippen molar-refractivity contribution in [1.29, 1.82) is 0 Å². The van der Waals surface area contributed by atoms with Crippen molar-refractivity contribution in [3.05, 3.63) is 35.4 Å². The van der Waals surface area contributed by atoms with E-state index in [0.29, 0.717) is 6.61 Å².